The highest BCUT2D eigenvalue weighted by Gasteiger charge is 2.11. The van der Waals surface area contributed by atoms with Crippen LogP contribution in [0.15, 0.2) is 67.0 Å². The number of aromatic nitrogens is 2. The number of ether oxygens (including phenoxy) is 1. The fourth-order valence-corrected chi connectivity index (χ4v) is 2.26. The van der Waals surface area contributed by atoms with Gasteiger partial charge < -0.3 is 10.1 Å². The zero-order chi connectivity index (χ0) is 17.5. The number of carbonyl (C=O) groups is 1. The van der Waals surface area contributed by atoms with Gasteiger partial charge in [0.2, 0.25) is 0 Å². The molecule has 0 bridgehead atoms. The summed E-state index contributed by atoms with van der Waals surface area (Å²) in [6, 6.07) is 16.0. The highest BCUT2D eigenvalue weighted by molar-refractivity contribution is 6.31. The molecule has 25 heavy (non-hydrogen) atoms. The molecule has 1 aromatic heterocycles. The fourth-order valence-electron chi connectivity index (χ4n) is 2.07. The van der Waals surface area contributed by atoms with Crippen LogP contribution in [0.3, 0.4) is 0 Å². The lowest BCUT2D eigenvalue weighted by molar-refractivity contribution is 0.261. The molecule has 0 atom stereocenters. The highest BCUT2D eigenvalue weighted by Crippen LogP contribution is 2.21. The molecule has 0 spiro atoms. The van der Waals surface area contributed by atoms with Crippen LogP contribution in [-0.2, 0) is 6.61 Å². The third-order valence-corrected chi connectivity index (χ3v) is 3.62. The van der Waals surface area contributed by atoms with Crippen molar-refractivity contribution in [1.29, 1.82) is 0 Å². The Kier molecular flexibility index (Phi) is 5.43. The molecule has 6 nitrogen and oxygen atoms in total. The van der Waals surface area contributed by atoms with Gasteiger partial charge in [-0.05, 0) is 18.2 Å². The zero-order valence-electron chi connectivity index (χ0n) is 13.1. The predicted molar refractivity (Wildman–Crippen MR) is 96.9 cm³/mol. The monoisotopic (exact) mass is 354 g/mol. The standard InChI is InChI=1S/C18H15ClN4O2/c19-15-9-5-4-6-13(15)12-25-17-16(20-10-11-21-17)23-18(24)22-14-7-2-1-3-8-14/h1-11H,12H2,(H2,20,22,23,24). The summed E-state index contributed by atoms with van der Waals surface area (Å²) < 4.78 is 5.65. The first kappa shape index (κ1) is 16.7. The van der Waals surface area contributed by atoms with Crippen LogP contribution in [0.2, 0.25) is 5.02 Å². The third-order valence-electron chi connectivity index (χ3n) is 3.25. The molecule has 0 aliphatic rings. The van der Waals surface area contributed by atoms with E-state index in [4.69, 9.17) is 16.3 Å². The zero-order valence-corrected chi connectivity index (χ0v) is 13.9. The lowest BCUT2D eigenvalue weighted by Gasteiger charge is -2.11. The Morgan fingerprint density at radius 2 is 1.68 bits per heavy atom. The Morgan fingerprint density at radius 1 is 0.960 bits per heavy atom. The molecular weight excluding hydrogens is 340 g/mol. The number of anilines is 2. The Balaban J connectivity index is 1.66. The second kappa shape index (κ2) is 8.12. The van der Waals surface area contributed by atoms with Crippen LogP contribution in [0, 0.1) is 0 Å². The number of halogens is 1. The Morgan fingerprint density at radius 3 is 2.48 bits per heavy atom. The van der Waals surface area contributed by atoms with Gasteiger partial charge in [0.05, 0.1) is 0 Å². The van der Waals surface area contributed by atoms with Crippen molar-refractivity contribution in [2.45, 2.75) is 6.61 Å². The maximum absolute atomic E-state index is 12.1. The van der Waals surface area contributed by atoms with E-state index in [-0.39, 0.29) is 18.3 Å². The van der Waals surface area contributed by atoms with Crippen LogP contribution in [0.4, 0.5) is 16.3 Å². The molecule has 0 saturated carbocycles. The normalized spacial score (nSPS) is 10.1. The molecule has 3 rings (SSSR count). The molecule has 2 N–H and O–H groups in total. The number of benzene rings is 2. The first-order valence-corrected chi connectivity index (χ1v) is 7.90. The largest absolute Gasteiger partial charge is 0.470 e. The summed E-state index contributed by atoms with van der Waals surface area (Å²) in [4.78, 5) is 20.3. The molecule has 126 valence electrons. The number of amides is 2. The van der Waals surface area contributed by atoms with Crippen LogP contribution in [-0.4, -0.2) is 16.0 Å². The van der Waals surface area contributed by atoms with Crippen LogP contribution >= 0.6 is 11.6 Å². The highest BCUT2D eigenvalue weighted by atomic mass is 35.5. The van der Waals surface area contributed by atoms with Crippen LogP contribution in [0.5, 0.6) is 5.88 Å². The van der Waals surface area contributed by atoms with E-state index in [0.717, 1.165) is 5.56 Å². The number of hydrogen-bond donors (Lipinski definition) is 2. The van der Waals surface area contributed by atoms with Gasteiger partial charge in [0, 0.05) is 28.7 Å². The molecule has 3 aromatic rings. The minimum absolute atomic E-state index is 0.214. The van der Waals surface area contributed by atoms with E-state index in [0.29, 0.717) is 10.7 Å². The smallest absolute Gasteiger partial charge is 0.324 e. The van der Waals surface area contributed by atoms with Gasteiger partial charge in [-0.15, -0.1) is 0 Å². The van der Waals surface area contributed by atoms with Crippen molar-refractivity contribution in [2.24, 2.45) is 0 Å². The summed E-state index contributed by atoms with van der Waals surface area (Å²) >= 11 is 6.11. The average Bonchev–Trinajstić information content (AvgIpc) is 2.63. The van der Waals surface area contributed by atoms with Gasteiger partial charge in [0.15, 0.2) is 5.82 Å². The maximum atomic E-state index is 12.1. The first-order valence-electron chi connectivity index (χ1n) is 7.52. The topological polar surface area (TPSA) is 76.1 Å². The van der Waals surface area contributed by atoms with Crippen molar-refractivity contribution in [2.75, 3.05) is 10.6 Å². The summed E-state index contributed by atoms with van der Waals surface area (Å²) in [5, 5.41) is 5.93. The number of carbonyl (C=O) groups excluding carboxylic acids is 1. The first-order chi connectivity index (χ1) is 12.2. The molecular formula is C18H15ClN4O2. The van der Waals surface area contributed by atoms with E-state index in [2.05, 4.69) is 20.6 Å². The number of urea groups is 1. The molecule has 0 saturated heterocycles. The fraction of sp³-hybridized carbons (Fsp3) is 0.0556. The van der Waals surface area contributed by atoms with E-state index < -0.39 is 6.03 Å². The predicted octanol–water partition coefficient (Wildman–Crippen LogP) is 4.35. The van der Waals surface area contributed by atoms with Crippen LogP contribution in [0.1, 0.15) is 5.56 Å². The van der Waals surface area contributed by atoms with E-state index in [1.807, 2.05) is 36.4 Å². The molecule has 0 aliphatic carbocycles. The average molecular weight is 355 g/mol. The summed E-state index contributed by atoms with van der Waals surface area (Å²) in [5.41, 5.74) is 1.48. The van der Waals surface area contributed by atoms with Crippen molar-refractivity contribution in [3.8, 4) is 5.88 Å². The van der Waals surface area contributed by atoms with Crippen LogP contribution in [0.25, 0.3) is 0 Å². The maximum Gasteiger partial charge on any atom is 0.324 e. The van der Waals surface area contributed by atoms with Crippen LogP contribution < -0.4 is 15.4 Å². The van der Waals surface area contributed by atoms with Crippen molar-refractivity contribution < 1.29 is 9.53 Å². The van der Waals surface area contributed by atoms with E-state index in [9.17, 15) is 4.79 Å². The Hall–Kier alpha value is -3.12. The molecule has 1 heterocycles. The van der Waals surface area contributed by atoms with E-state index in [1.54, 1.807) is 18.2 Å². The van der Waals surface area contributed by atoms with Crippen molar-refractivity contribution >= 4 is 29.1 Å². The van der Waals surface area contributed by atoms with Gasteiger partial charge in [-0.2, -0.15) is 0 Å². The summed E-state index contributed by atoms with van der Waals surface area (Å²) in [5.74, 6) is 0.439. The van der Waals surface area contributed by atoms with Gasteiger partial charge >= 0.3 is 6.03 Å². The van der Waals surface area contributed by atoms with Gasteiger partial charge in [-0.25, -0.2) is 14.8 Å². The number of rotatable bonds is 5. The lowest BCUT2D eigenvalue weighted by atomic mass is 10.2. The number of para-hydroxylation sites is 1. The number of hydrogen-bond acceptors (Lipinski definition) is 4. The summed E-state index contributed by atoms with van der Waals surface area (Å²) in [7, 11) is 0. The van der Waals surface area contributed by atoms with Gasteiger partial charge in [0.25, 0.3) is 5.88 Å². The van der Waals surface area contributed by atoms with Crippen molar-refractivity contribution in [3.63, 3.8) is 0 Å². The van der Waals surface area contributed by atoms with Crippen molar-refractivity contribution in [3.05, 3.63) is 77.6 Å². The Labute approximate surface area is 149 Å². The number of nitrogens with one attached hydrogen (secondary N) is 2. The molecule has 7 heteroatoms. The minimum Gasteiger partial charge on any atom is -0.470 e. The minimum atomic E-state index is -0.436. The molecule has 0 fully saturated rings. The molecule has 0 unspecified atom stereocenters. The quantitative estimate of drug-likeness (QED) is 0.714. The molecule has 2 amide bonds. The summed E-state index contributed by atoms with van der Waals surface area (Å²) in [6.45, 7) is 0.216. The van der Waals surface area contributed by atoms with Gasteiger partial charge in [-0.3, -0.25) is 5.32 Å². The SMILES string of the molecule is O=C(Nc1ccccc1)Nc1nccnc1OCc1ccccc1Cl. The number of nitrogens with zero attached hydrogens (tertiary/aromatic N) is 2. The van der Waals surface area contributed by atoms with Crippen molar-refractivity contribution in [1.82, 2.24) is 9.97 Å². The van der Waals surface area contributed by atoms with E-state index >= 15 is 0 Å². The Bertz CT molecular complexity index is 858. The second-order valence-corrected chi connectivity index (χ2v) is 5.44. The summed E-state index contributed by atoms with van der Waals surface area (Å²) in [6.07, 6.45) is 2.96. The van der Waals surface area contributed by atoms with Gasteiger partial charge in [0.1, 0.15) is 6.61 Å². The molecule has 2 aromatic carbocycles. The molecule has 0 radical (unpaired) electrons. The second-order valence-electron chi connectivity index (χ2n) is 5.04. The third kappa shape index (κ3) is 4.68. The van der Waals surface area contributed by atoms with E-state index in [1.165, 1.54) is 12.4 Å². The van der Waals surface area contributed by atoms with Gasteiger partial charge in [-0.1, -0.05) is 48.0 Å². The molecule has 0 aliphatic heterocycles. The lowest BCUT2D eigenvalue weighted by Crippen LogP contribution is -2.20.